The largest absolute Gasteiger partial charge is 0.307 e. The third-order valence-corrected chi connectivity index (χ3v) is 9.13. The van der Waals surface area contributed by atoms with Gasteiger partial charge in [-0.3, -0.25) is 4.79 Å². The van der Waals surface area contributed by atoms with Crippen LogP contribution in [0.2, 0.25) is 0 Å². The predicted molar refractivity (Wildman–Crippen MR) is 123 cm³/mol. The first kappa shape index (κ1) is 24.1. The normalized spacial score (nSPS) is 18.4. The first-order chi connectivity index (χ1) is 15.1. The van der Waals surface area contributed by atoms with E-state index in [1.165, 1.54) is 22.5 Å². The number of rotatable bonds is 8. The van der Waals surface area contributed by atoms with E-state index in [1.54, 1.807) is 49.7 Å². The van der Waals surface area contributed by atoms with Gasteiger partial charge in [0, 0.05) is 25.2 Å². The van der Waals surface area contributed by atoms with Crippen molar-refractivity contribution < 1.29 is 21.6 Å². The van der Waals surface area contributed by atoms with Crippen LogP contribution in [0.4, 0.5) is 5.82 Å². The molecule has 1 aliphatic rings. The van der Waals surface area contributed by atoms with Crippen molar-refractivity contribution in [3.05, 3.63) is 47.7 Å². The van der Waals surface area contributed by atoms with Crippen LogP contribution in [-0.4, -0.2) is 61.4 Å². The predicted octanol–water partition coefficient (Wildman–Crippen LogP) is 2.23. The molecule has 0 radical (unpaired) electrons. The Bertz CT molecular complexity index is 1210. The molecule has 2 heterocycles. The summed E-state index contributed by atoms with van der Waals surface area (Å²) in [6, 6.07) is 7.71. The molecule has 1 aliphatic heterocycles. The number of aromatic nitrogens is 2. The number of aryl methyl sites for hydroxylation is 1. The number of carbonyl (C=O) groups excluding carboxylic acids is 1. The second kappa shape index (κ2) is 9.55. The van der Waals surface area contributed by atoms with Gasteiger partial charge in [0.15, 0.2) is 9.84 Å². The topological polar surface area (TPSA) is 118 Å². The van der Waals surface area contributed by atoms with E-state index in [0.717, 1.165) is 0 Å². The van der Waals surface area contributed by atoms with Crippen LogP contribution >= 0.6 is 0 Å². The second-order valence-corrected chi connectivity index (χ2v) is 11.8. The summed E-state index contributed by atoms with van der Waals surface area (Å²) in [5.41, 5.74) is 1.35. The molecule has 1 aromatic carbocycles. The SMILES string of the molecule is CCN(CC)S(=O)(=O)c1ccc(/C=C/C(=O)Nc2cc(C)nn2C2CCS(=O)(=O)C2)cc1. The Balaban J connectivity index is 1.69. The second-order valence-electron chi connectivity index (χ2n) is 7.65. The molecule has 1 aromatic heterocycles. The Hall–Kier alpha value is -2.50. The van der Waals surface area contributed by atoms with E-state index in [0.29, 0.717) is 36.6 Å². The molecule has 11 heteroatoms. The molecule has 0 saturated carbocycles. The van der Waals surface area contributed by atoms with Crippen LogP contribution in [0, 0.1) is 6.92 Å². The summed E-state index contributed by atoms with van der Waals surface area (Å²) in [6.45, 7) is 6.14. The van der Waals surface area contributed by atoms with Gasteiger partial charge in [-0.2, -0.15) is 9.40 Å². The van der Waals surface area contributed by atoms with Gasteiger partial charge in [-0.25, -0.2) is 21.5 Å². The highest BCUT2D eigenvalue weighted by Gasteiger charge is 2.31. The van der Waals surface area contributed by atoms with Gasteiger partial charge in [0.1, 0.15) is 5.82 Å². The molecule has 0 spiro atoms. The van der Waals surface area contributed by atoms with Gasteiger partial charge in [-0.1, -0.05) is 26.0 Å². The van der Waals surface area contributed by atoms with E-state index in [1.807, 2.05) is 0 Å². The molecule has 174 valence electrons. The minimum atomic E-state index is -3.53. The lowest BCUT2D eigenvalue weighted by molar-refractivity contribution is -0.111. The number of sulfone groups is 1. The zero-order chi connectivity index (χ0) is 23.5. The maximum absolute atomic E-state index is 12.6. The standard InChI is InChI=1S/C21H28N4O5S2/c1-4-24(5-2)32(29,30)19-9-6-17(7-10-19)8-11-21(26)22-20-14-16(3)23-25(20)18-12-13-31(27,28)15-18/h6-11,14,18H,4-5,12-13,15H2,1-3H3,(H,22,26)/b11-8+. The average Bonchev–Trinajstić information content (AvgIpc) is 3.28. The molecule has 0 bridgehead atoms. The Kier molecular flexibility index (Phi) is 7.21. The maximum Gasteiger partial charge on any atom is 0.249 e. The molecule has 32 heavy (non-hydrogen) atoms. The van der Waals surface area contributed by atoms with Crippen LogP contribution in [0.25, 0.3) is 6.08 Å². The third kappa shape index (κ3) is 5.45. The summed E-state index contributed by atoms with van der Waals surface area (Å²) >= 11 is 0. The van der Waals surface area contributed by atoms with Gasteiger partial charge in [-0.05, 0) is 37.1 Å². The number of benzene rings is 1. The van der Waals surface area contributed by atoms with Crippen LogP contribution in [0.5, 0.6) is 0 Å². The van der Waals surface area contributed by atoms with Gasteiger partial charge >= 0.3 is 0 Å². The Morgan fingerprint density at radius 1 is 1.25 bits per heavy atom. The highest BCUT2D eigenvalue weighted by molar-refractivity contribution is 7.91. The fourth-order valence-corrected chi connectivity index (χ4v) is 6.81. The summed E-state index contributed by atoms with van der Waals surface area (Å²) in [6.07, 6.45) is 3.38. The highest BCUT2D eigenvalue weighted by Crippen LogP contribution is 2.27. The van der Waals surface area contributed by atoms with Crippen LogP contribution in [0.3, 0.4) is 0 Å². The van der Waals surface area contributed by atoms with E-state index in [4.69, 9.17) is 0 Å². The fraction of sp³-hybridized carbons (Fsp3) is 0.429. The molecule has 1 amide bonds. The Labute approximate surface area is 189 Å². The average molecular weight is 481 g/mol. The molecular weight excluding hydrogens is 452 g/mol. The summed E-state index contributed by atoms with van der Waals surface area (Å²) in [4.78, 5) is 12.6. The molecular formula is C21H28N4O5S2. The number of hydrogen-bond acceptors (Lipinski definition) is 6. The highest BCUT2D eigenvalue weighted by atomic mass is 32.2. The molecule has 2 aromatic rings. The Morgan fingerprint density at radius 2 is 1.91 bits per heavy atom. The molecule has 1 saturated heterocycles. The van der Waals surface area contributed by atoms with Crippen molar-refractivity contribution in [2.24, 2.45) is 0 Å². The van der Waals surface area contributed by atoms with Crippen molar-refractivity contribution in [3.8, 4) is 0 Å². The third-order valence-electron chi connectivity index (χ3n) is 5.31. The van der Waals surface area contributed by atoms with Gasteiger partial charge in [-0.15, -0.1) is 0 Å². The zero-order valence-electron chi connectivity index (χ0n) is 18.4. The molecule has 9 nitrogen and oxygen atoms in total. The van der Waals surface area contributed by atoms with E-state index in [2.05, 4.69) is 10.4 Å². The number of amides is 1. The van der Waals surface area contributed by atoms with Gasteiger partial charge in [0.05, 0.1) is 28.1 Å². The number of nitrogens with zero attached hydrogens (tertiary/aromatic N) is 3. The minimum Gasteiger partial charge on any atom is -0.307 e. The van der Waals surface area contributed by atoms with Crippen molar-refractivity contribution in [1.82, 2.24) is 14.1 Å². The summed E-state index contributed by atoms with van der Waals surface area (Å²) in [5.74, 6) is 0.172. The Morgan fingerprint density at radius 3 is 2.47 bits per heavy atom. The first-order valence-corrected chi connectivity index (χ1v) is 13.7. The molecule has 0 aliphatic carbocycles. The van der Waals surface area contributed by atoms with Crippen molar-refractivity contribution >= 4 is 37.7 Å². The molecule has 1 fully saturated rings. The van der Waals surface area contributed by atoms with Gasteiger partial charge in [0.2, 0.25) is 15.9 Å². The van der Waals surface area contributed by atoms with E-state index < -0.39 is 25.8 Å². The maximum atomic E-state index is 12.6. The van der Waals surface area contributed by atoms with Crippen LogP contribution in [-0.2, 0) is 24.7 Å². The summed E-state index contributed by atoms with van der Waals surface area (Å²) in [7, 11) is -6.61. The lowest BCUT2D eigenvalue weighted by atomic mass is 10.2. The number of anilines is 1. The summed E-state index contributed by atoms with van der Waals surface area (Å²) < 4.78 is 51.6. The monoisotopic (exact) mass is 480 g/mol. The van der Waals surface area contributed by atoms with Gasteiger partial charge in [0.25, 0.3) is 0 Å². The van der Waals surface area contributed by atoms with Crippen molar-refractivity contribution in [2.75, 3.05) is 29.9 Å². The fourth-order valence-electron chi connectivity index (χ4n) is 3.66. The molecule has 1 atom stereocenters. The smallest absolute Gasteiger partial charge is 0.249 e. The van der Waals surface area contributed by atoms with E-state index >= 15 is 0 Å². The zero-order valence-corrected chi connectivity index (χ0v) is 20.0. The minimum absolute atomic E-state index is 0.00950. The summed E-state index contributed by atoms with van der Waals surface area (Å²) in [5, 5.41) is 7.09. The van der Waals surface area contributed by atoms with E-state index in [-0.39, 0.29) is 22.4 Å². The van der Waals surface area contributed by atoms with Crippen molar-refractivity contribution in [2.45, 2.75) is 38.1 Å². The first-order valence-electron chi connectivity index (χ1n) is 10.4. The molecule has 3 rings (SSSR count). The lowest BCUT2D eigenvalue weighted by Gasteiger charge is -2.18. The van der Waals surface area contributed by atoms with E-state index in [9.17, 15) is 21.6 Å². The lowest BCUT2D eigenvalue weighted by Crippen LogP contribution is -2.30. The van der Waals surface area contributed by atoms with Crippen molar-refractivity contribution in [3.63, 3.8) is 0 Å². The molecule has 1 N–H and O–H groups in total. The van der Waals surface area contributed by atoms with Crippen LogP contribution in [0.1, 0.15) is 37.6 Å². The number of carbonyl (C=O) groups is 1. The number of sulfonamides is 1. The van der Waals surface area contributed by atoms with Crippen LogP contribution in [0.15, 0.2) is 41.3 Å². The van der Waals surface area contributed by atoms with Crippen LogP contribution < -0.4 is 5.32 Å². The van der Waals surface area contributed by atoms with Gasteiger partial charge < -0.3 is 5.32 Å². The van der Waals surface area contributed by atoms with Crippen molar-refractivity contribution in [1.29, 1.82) is 0 Å². The molecule has 1 unspecified atom stereocenters. The number of nitrogens with one attached hydrogen (secondary N) is 1. The number of hydrogen-bond donors (Lipinski definition) is 1. The quantitative estimate of drug-likeness (QED) is 0.579.